The van der Waals surface area contributed by atoms with Crippen molar-refractivity contribution in [2.45, 2.75) is 129 Å². The van der Waals surface area contributed by atoms with Crippen LogP contribution in [0.3, 0.4) is 0 Å². The normalized spacial score (nSPS) is 12.5. The molecule has 0 spiro atoms. The first-order chi connectivity index (χ1) is 24.0. The number of aryl methyl sites for hydroxylation is 2. The van der Waals surface area contributed by atoms with E-state index in [1.165, 1.54) is 37.1 Å². The molecule has 278 valence electrons. The molecule has 12 heteroatoms. The molecule has 0 aromatic heterocycles. The van der Waals surface area contributed by atoms with Gasteiger partial charge in [0.25, 0.3) is 11.4 Å². The predicted octanol–water partition coefficient (Wildman–Crippen LogP) is 8.39. The van der Waals surface area contributed by atoms with E-state index in [9.17, 15) is 29.8 Å². The smallest absolute Gasteiger partial charge is 0.419 e. The summed E-state index contributed by atoms with van der Waals surface area (Å²) in [7, 11) is 3.78. The third kappa shape index (κ3) is 16.7. The molecular formula is C38H58N4O8. The molecule has 0 bridgehead atoms. The van der Waals surface area contributed by atoms with E-state index in [1.54, 1.807) is 24.3 Å². The fourth-order valence-corrected chi connectivity index (χ4v) is 5.83. The Hall–Kier alpha value is -3.90. The molecule has 12 nitrogen and oxygen atoms in total. The summed E-state index contributed by atoms with van der Waals surface area (Å²) in [6.07, 6.45) is 13.2. The lowest BCUT2D eigenvalue weighted by molar-refractivity contribution is -0.385. The molecule has 0 radical (unpaired) electrons. The molecule has 0 aliphatic rings. The summed E-state index contributed by atoms with van der Waals surface area (Å²) in [4.78, 5) is 51.5. The molecule has 2 aromatic carbocycles. The zero-order valence-corrected chi connectivity index (χ0v) is 30.6. The second-order valence-corrected chi connectivity index (χ2v) is 13.1. The number of hydrogen-bond acceptors (Lipinski definition) is 10. The molecule has 0 aliphatic heterocycles. The van der Waals surface area contributed by atoms with Crippen LogP contribution in [0.15, 0.2) is 48.5 Å². The first-order valence-corrected chi connectivity index (χ1v) is 18.3. The minimum atomic E-state index is -1.03. The number of hydrogen-bond donors (Lipinski definition) is 0. The highest BCUT2D eigenvalue weighted by Crippen LogP contribution is 2.19. The van der Waals surface area contributed by atoms with Gasteiger partial charge in [-0.15, -0.1) is 0 Å². The van der Waals surface area contributed by atoms with Crippen molar-refractivity contribution < 1.29 is 28.9 Å². The van der Waals surface area contributed by atoms with Crippen LogP contribution in [0.4, 0.5) is 11.4 Å². The second kappa shape index (κ2) is 24.3. The van der Waals surface area contributed by atoms with Crippen LogP contribution in [0.25, 0.3) is 0 Å². The minimum Gasteiger partial charge on any atom is -0.438 e. The van der Waals surface area contributed by atoms with Crippen molar-refractivity contribution in [3.05, 3.63) is 79.9 Å². The summed E-state index contributed by atoms with van der Waals surface area (Å²) >= 11 is 0. The lowest BCUT2D eigenvalue weighted by Gasteiger charge is -2.29. The van der Waals surface area contributed by atoms with Gasteiger partial charge in [-0.1, -0.05) is 89.5 Å². The second-order valence-electron chi connectivity index (χ2n) is 13.1. The number of non-ortho nitro benzene ring substituents is 2. The third-order valence-electron chi connectivity index (χ3n) is 8.99. The topological polar surface area (TPSA) is 145 Å². The number of ether oxygens (including phenoxy) is 2. The van der Waals surface area contributed by atoms with E-state index in [0.29, 0.717) is 51.6 Å². The number of esters is 2. The number of rotatable bonds is 26. The number of nitro benzene ring substituents is 2. The third-order valence-corrected chi connectivity index (χ3v) is 8.99. The Morgan fingerprint density at radius 2 is 0.920 bits per heavy atom. The van der Waals surface area contributed by atoms with Crippen molar-refractivity contribution in [2.75, 3.05) is 27.2 Å². The van der Waals surface area contributed by atoms with Crippen molar-refractivity contribution in [3.63, 3.8) is 0 Å². The number of benzene rings is 2. The standard InChI is InChI=1S/C38H58N4O8/c1-5-7-9-11-13-29-39(3)35(19-15-17-31-21-25-33(26-22-31)41(45)46)49-37(43)38(44)50-36(40(4)30-14-12-10-8-6-2)20-16-18-32-23-27-34(28-24-32)42(47)48/h21-28,35-36H,5-20,29-30H2,1-4H3. The Kier molecular flexibility index (Phi) is 20.5. The zero-order chi connectivity index (χ0) is 36.7. The molecule has 0 fully saturated rings. The monoisotopic (exact) mass is 698 g/mol. The summed E-state index contributed by atoms with van der Waals surface area (Å²) in [6.45, 7) is 5.75. The molecule has 0 heterocycles. The van der Waals surface area contributed by atoms with Gasteiger partial charge in [0.05, 0.1) is 9.85 Å². The fraction of sp³-hybridized carbons (Fsp3) is 0.632. The summed E-state index contributed by atoms with van der Waals surface area (Å²) in [5.41, 5.74) is 1.95. The highest BCUT2D eigenvalue weighted by molar-refractivity contribution is 6.29. The van der Waals surface area contributed by atoms with E-state index in [2.05, 4.69) is 13.8 Å². The number of carbonyl (C=O) groups is 2. The Morgan fingerprint density at radius 1 is 0.580 bits per heavy atom. The van der Waals surface area contributed by atoms with E-state index in [1.807, 2.05) is 23.9 Å². The predicted molar refractivity (Wildman–Crippen MR) is 195 cm³/mol. The molecule has 2 atom stereocenters. The van der Waals surface area contributed by atoms with Crippen molar-refractivity contribution in [2.24, 2.45) is 0 Å². The molecule has 0 saturated carbocycles. The van der Waals surface area contributed by atoms with Crippen molar-refractivity contribution in [3.8, 4) is 0 Å². The molecular weight excluding hydrogens is 640 g/mol. The molecule has 0 saturated heterocycles. The number of unbranched alkanes of at least 4 members (excludes halogenated alkanes) is 8. The van der Waals surface area contributed by atoms with E-state index < -0.39 is 34.2 Å². The van der Waals surface area contributed by atoms with Gasteiger partial charge in [-0.3, -0.25) is 30.0 Å². The number of carbonyl (C=O) groups excluding carboxylic acids is 2. The van der Waals surface area contributed by atoms with Crippen molar-refractivity contribution in [1.29, 1.82) is 0 Å². The highest BCUT2D eigenvalue weighted by atomic mass is 16.6. The van der Waals surface area contributed by atoms with Gasteiger partial charge in [-0.25, -0.2) is 9.59 Å². The average molecular weight is 699 g/mol. The molecule has 0 amide bonds. The van der Waals surface area contributed by atoms with Crippen LogP contribution < -0.4 is 0 Å². The van der Waals surface area contributed by atoms with Gasteiger partial charge in [-0.2, -0.15) is 0 Å². The molecule has 0 N–H and O–H groups in total. The van der Waals surface area contributed by atoms with Crippen LogP contribution in [-0.2, 0) is 31.9 Å². The quantitative estimate of drug-likeness (QED) is 0.0234. The molecule has 50 heavy (non-hydrogen) atoms. The lowest BCUT2D eigenvalue weighted by atomic mass is 10.1. The first-order valence-electron chi connectivity index (χ1n) is 18.3. The maximum atomic E-state index is 13.2. The fourth-order valence-electron chi connectivity index (χ4n) is 5.83. The van der Waals surface area contributed by atoms with Crippen LogP contribution in [0.2, 0.25) is 0 Å². The minimum absolute atomic E-state index is 0.0358. The molecule has 2 rings (SSSR count). The van der Waals surface area contributed by atoms with Gasteiger partial charge in [0.2, 0.25) is 0 Å². The maximum Gasteiger partial charge on any atom is 0.419 e. The average Bonchev–Trinajstić information content (AvgIpc) is 3.10. The Balaban J connectivity index is 2.05. The van der Waals surface area contributed by atoms with Crippen molar-refractivity contribution >= 4 is 23.3 Å². The van der Waals surface area contributed by atoms with Gasteiger partial charge in [0.1, 0.15) is 0 Å². The summed E-state index contributed by atoms with van der Waals surface area (Å²) < 4.78 is 11.6. The molecule has 0 aliphatic carbocycles. The van der Waals surface area contributed by atoms with E-state index >= 15 is 0 Å². The Morgan fingerprint density at radius 3 is 1.24 bits per heavy atom. The van der Waals surface area contributed by atoms with Gasteiger partial charge in [-0.05, 0) is 76.6 Å². The summed E-state index contributed by atoms with van der Waals surface area (Å²) in [5.74, 6) is -2.06. The van der Waals surface area contributed by atoms with Crippen LogP contribution in [0, 0.1) is 20.2 Å². The van der Waals surface area contributed by atoms with Gasteiger partial charge in [0, 0.05) is 37.4 Å². The molecule has 2 unspecified atom stereocenters. The van der Waals surface area contributed by atoms with E-state index in [4.69, 9.17) is 9.47 Å². The highest BCUT2D eigenvalue weighted by Gasteiger charge is 2.29. The first kappa shape index (κ1) is 42.3. The van der Waals surface area contributed by atoms with E-state index in [0.717, 1.165) is 62.5 Å². The van der Waals surface area contributed by atoms with Crippen LogP contribution in [-0.4, -0.2) is 71.2 Å². The van der Waals surface area contributed by atoms with Crippen LogP contribution in [0.5, 0.6) is 0 Å². The van der Waals surface area contributed by atoms with E-state index in [-0.39, 0.29) is 11.4 Å². The SMILES string of the molecule is CCCCCCCN(C)C(CCCc1ccc([N+](=O)[O-])cc1)OC(=O)C(=O)OC(CCCc1ccc([N+](=O)[O-])cc1)N(C)CCCCCCC. The Bertz CT molecular complexity index is 1190. The summed E-state index contributed by atoms with van der Waals surface area (Å²) in [6, 6.07) is 12.9. The number of nitrogens with zero attached hydrogens (tertiary/aromatic N) is 4. The zero-order valence-electron chi connectivity index (χ0n) is 30.6. The summed E-state index contributed by atoms with van der Waals surface area (Å²) in [5, 5.41) is 22.0. The lowest BCUT2D eigenvalue weighted by Crippen LogP contribution is -2.42. The number of nitro groups is 2. The van der Waals surface area contributed by atoms with Crippen LogP contribution in [0.1, 0.15) is 115 Å². The Labute approximate surface area is 297 Å². The maximum absolute atomic E-state index is 13.2. The van der Waals surface area contributed by atoms with Gasteiger partial charge in [0.15, 0.2) is 12.5 Å². The molecule has 2 aromatic rings. The van der Waals surface area contributed by atoms with Gasteiger partial charge < -0.3 is 9.47 Å². The van der Waals surface area contributed by atoms with Crippen LogP contribution >= 0.6 is 0 Å². The van der Waals surface area contributed by atoms with Crippen molar-refractivity contribution in [1.82, 2.24) is 9.80 Å². The largest absolute Gasteiger partial charge is 0.438 e. The van der Waals surface area contributed by atoms with Gasteiger partial charge >= 0.3 is 11.9 Å².